The molecule has 3 rings (SSSR count). The van der Waals surface area contributed by atoms with E-state index in [2.05, 4.69) is 15.6 Å². The van der Waals surface area contributed by atoms with Gasteiger partial charge in [-0.2, -0.15) is 0 Å². The third-order valence-corrected chi connectivity index (χ3v) is 3.55. The Balaban J connectivity index is 1.70. The molecule has 120 valence electrons. The summed E-state index contributed by atoms with van der Waals surface area (Å²) < 4.78 is 13.6. The molecule has 0 atom stereocenters. The van der Waals surface area contributed by atoms with Crippen LogP contribution in [0.3, 0.4) is 0 Å². The van der Waals surface area contributed by atoms with Crippen molar-refractivity contribution in [1.82, 2.24) is 4.98 Å². The van der Waals surface area contributed by atoms with Crippen LogP contribution in [0.15, 0.2) is 66.9 Å². The number of carbonyl (C=O) groups is 1. The third kappa shape index (κ3) is 3.57. The molecule has 1 aromatic heterocycles. The molecule has 3 aromatic rings. The number of carbonyl (C=O) groups excluding carboxylic acids is 1. The Morgan fingerprint density at radius 1 is 1.00 bits per heavy atom. The molecule has 1 amide bonds. The number of anilines is 3. The average molecular weight is 321 g/mol. The van der Waals surface area contributed by atoms with Crippen LogP contribution in [0.2, 0.25) is 0 Å². The summed E-state index contributed by atoms with van der Waals surface area (Å²) in [4.78, 5) is 16.3. The number of aromatic nitrogens is 1. The Kier molecular flexibility index (Phi) is 4.52. The van der Waals surface area contributed by atoms with E-state index in [1.165, 1.54) is 18.3 Å². The van der Waals surface area contributed by atoms with Gasteiger partial charge < -0.3 is 10.6 Å². The first-order chi connectivity index (χ1) is 11.6. The van der Waals surface area contributed by atoms with E-state index in [1.54, 1.807) is 24.3 Å². The number of halogens is 1. The van der Waals surface area contributed by atoms with Gasteiger partial charge in [-0.3, -0.25) is 4.79 Å². The summed E-state index contributed by atoms with van der Waals surface area (Å²) >= 11 is 0. The molecule has 0 unspecified atom stereocenters. The van der Waals surface area contributed by atoms with E-state index in [-0.39, 0.29) is 5.56 Å². The maximum absolute atomic E-state index is 13.6. The van der Waals surface area contributed by atoms with Crippen LogP contribution >= 0.6 is 0 Å². The molecular weight excluding hydrogens is 305 g/mol. The van der Waals surface area contributed by atoms with Crippen molar-refractivity contribution < 1.29 is 9.18 Å². The Hall–Kier alpha value is -3.21. The van der Waals surface area contributed by atoms with E-state index < -0.39 is 11.7 Å². The van der Waals surface area contributed by atoms with Gasteiger partial charge in [-0.1, -0.05) is 30.3 Å². The highest BCUT2D eigenvalue weighted by Crippen LogP contribution is 2.20. The van der Waals surface area contributed by atoms with Gasteiger partial charge in [-0.15, -0.1) is 0 Å². The van der Waals surface area contributed by atoms with Crippen molar-refractivity contribution in [2.45, 2.75) is 6.92 Å². The highest BCUT2D eigenvalue weighted by molar-refractivity contribution is 6.04. The summed E-state index contributed by atoms with van der Waals surface area (Å²) in [7, 11) is 0. The number of aryl methyl sites for hydroxylation is 1. The molecule has 0 fully saturated rings. The zero-order valence-corrected chi connectivity index (χ0v) is 13.1. The minimum absolute atomic E-state index is 0.000359. The van der Waals surface area contributed by atoms with Crippen molar-refractivity contribution in [3.05, 3.63) is 83.8 Å². The SMILES string of the molecule is Cc1ccccc1Nc1ccc(NC(=O)c2ccccc2F)cn1. The van der Waals surface area contributed by atoms with Gasteiger partial charge in [0, 0.05) is 5.69 Å². The van der Waals surface area contributed by atoms with E-state index in [1.807, 2.05) is 31.2 Å². The van der Waals surface area contributed by atoms with Crippen LogP contribution in [0, 0.1) is 12.7 Å². The summed E-state index contributed by atoms with van der Waals surface area (Å²) in [5.41, 5.74) is 2.57. The van der Waals surface area contributed by atoms with Crippen LogP contribution in [-0.4, -0.2) is 10.9 Å². The van der Waals surface area contributed by atoms with Gasteiger partial charge in [-0.05, 0) is 42.8 Å². The van der Waals surface area contributed by atoms with E-state index in [0.717, 1.165) is 11.3 Å². The van der Waals surface area contributed by atoms with Gasteiger partial charge in [0.25, 0.3) is 5.91 Å². The van der Waals surface area contributed by atoms with Gasteiger partial charge in [0.15, 0.2) is 0 Å². The Morgan fingerprint density at radius 2 is 1.75 bits per heavy atom. The highest BCUT2D eigenvalue weighted by Gasteiger charge is 2.11. The normalized spacial score (nSPS) is 10.2. The number of para-hydroxylation sites is 1. The minimum atomic E-state index is -0.555. The van der Waals surface area contributed by atoms with Crippen molar-refractivity contribution in [2.24, 2.45) is 0 Å². The molecule has 0 saturated heterocycles. The van der Waals surface area contributed by atoms with Crippen LogP contribution in [0.5, 0.6) is 0 Å². The standard InChI is InChI=1S/C19H16FN3O/c1-13-6-2-5-9-17(13)23-18-11-10-14(12-21-18)22-19(24)15-7-3-4-8-16(15)20/h2-12H,1H3,(H,21,23)(H,22,24). The lowest BCUT2D eigenvalue weighted by atomic mass is 10.2. The Morgan fingerprint density at radius 3 is 2.46 bits per heavy atom. The number of hydrogen-bond donors (Lipinski definition) is 2. The quantitative estimate of drug-likeness (QED) is 0.742. The maximum atomic E-state index is 13.6. The number of amides is 1. The molecule has 0 aliphatic carbocycles. The van der Waals surface area contributed by atoms with E-state index in [0.29, 0.717) is 11.5 Å². The van der Waals surface area contributed by atoms with Crippen LogP contribution in [0.25, 0.3) is 0 Å². The molecule has 24 heavy (non-hydrogen) atoms. The predicted octanol–water partition coefficient (Wildman–Crippen LogP) is 4.53. The summed E-state index contributed by atoms with van der Waals surface area (Å²) in [5, 5.41) is 5.84. The summed E-state index contributed by atoms with van der Waals surface area (Å²) in [6.07, 6.45) is 1.53. The van der Waals surface area contributed by atoms with E-state index in [4.69, 9.17) is 0 Å². The smallest absolute Gasteiger partial charge is 0.258 e. The first-order valence-corrected chi connectivity index (χ1v) is 7.48. The molecule has 4 nitrogen and oxygen atoms in total. The number of hydrogen-bond acceptors (Lipinski definition) is 3. The topological polar surface area (TPSA) is 54.0 Å². The summed E-state index contributed by atoms with van der Waals surface area (Å²) in [5.74, 6) is -0.400. The number of pyridine rings is 1. The fourth-order valence-electron chi connectivity index (χ4n) is 2.24. The second kappa shape index (κ2) is 6.91. The summed E-state index contributed by atoms with van der Waals surface area (Å²) in [6, 6.07) is 17.2. The van der Waals surface area contributed by atoms with Crippen molar-refractivity contribution in [2.75, 3.05) is 10.6 Å². The highest BCUT2D eigenvalue weighted by atomic mass is 19.1. The fourth-order valence-corrected chi connectivity index (χ4v) is 2.24. The lowest BCUT2D eigenvalue weighted by Gasteiger charge is -2.10. The lowest BCUT2D eigenvalue weighted by molar-refractivity contribution is 0.102. The Labute approximate surface area is 139 Å². The number of rotatable bonds is 4. The maximum Gasteiger partial charge on any atom is 0.258 e. The molecule has 0 aliphatic heterocycles. The monoisotopic (exact) mass is 321 g/mol. The van der Waals surface area contributed by atoms with Crippen LogP contribution < -0.4 is 10.6 Å². The first kappa shape index (κ1) is 15.7. The zero-order chi connectivity index (χ0) is 16.9. The van der Waals surface area contributed by atoms with Gasteiger partial charge in [-0.25, -0.2) is 9.37 Å². The van der Waals surface area contributed by atoms with Crippen LogP contribution in [0.4, 0.5) is 21.6 Å². The molecule has 0 radical (unpaired) electrons. The second-order valence-corrected chi connectivity index (χ2v) is 5.31. The first-order valence-electron chi connectivity index (χ1n) is 7.48. The van der Waals surface area contributed by atoms with Crippen LogP contribution in [0.1, 0.15) is 15.9 Å². The van der Waals surface area contributed by atoms with Crippen molar-refractivity contribution in [1.29, 1.82) is 0 Å². The van der Waals surface area contributed by atoms with Gasteiger partial charge in [0.1, 0.15) is 11.6 Å². The summed E-state index contributed by atoms with van der Waals surface area (Å²) in [6.45, 7) is 2.01. The molecular formula is C19H16FN3O. The zero-order valence-electron chi connectivity index (χ0n) is 13.1. The molecule has 0 saturated carbocycles. The average Bonchev–Trinajstić information content (AvgIpc) is 2.59. The molecule has 5 heteroatoms. The van der Waals surface area contributed by atoms with E-state index in [9.17, 15) is 9.18 Å². The predicted molar refractivity (Wildman–Crippen MR) is 93.1 cm³/mol. The largest absolute Gasteiger partial charge is 0.340 e. The fraction of sp³-hybridized carbons (Fsp3) is 0.0526. The molecule has 2 N–H and O–H groups in total. The van der Waals surface area contributed by atoms with Crippen LogP contribution in [-0.2, 0) is 0 Å². The molecule has 0 aliphatic rings. The number of nitrogens with zero attached hydrogens (tertiary/aromatic N) is 1. The number of benzene rings is 2. The molecule has 1 heterocycles. The third-order valence-electron chi connectivity index (χ3n) is 3.55. The van der Waals surface area contributed by atoms with E-state index >= 15 is 0 Å². The van der Waals surface area contributed by atoms with Crippen molar-refractivity contribution >= 4 is 23.1 Å². The molecule has 0 spiro atoms. The second-order valence-electron chi connectivity index (χ2n) is 5.31. The van der Waals surface area contributed by atoms with Gasteiger partial charge >= 0.3 is 0 Å². The minimum Gasteiger partial charge on any atom is -0.340 e. The number of nitrogens with one attached hydrogen (secondary N) is 2. The van der Waals surface area contributed by atoms with Crippen molar-refractivity contribution in [3.8, 4) is 0 Å². The lowest BCUT2D eigenvalue weighted by Crippen LogP contribution is -2.13. The Bertz CT molecular complexity index is 862. The molecule has 2 aromatic carbocycles. The van der Waals surface area contributed by atoms with Gasteiger partial charge in [0.2, 0.25) is 0 Å². The van der Waals surface area contributed by atoms with Gasteiger partial charge in [0.05, 0.1) is 17.4 Å². The molecule has 0 bridgehead atoms. The van der Waals surface area contributed by atoms with Crippen molar-refractivity contribution in [3.63, 3.8) is 0 Å².